The average molecular weight is 348 g/mol. The summed E-state index contributed by atoms with van der Waals surface area (Å²) in [6.07, 6.45) is 0. The zero-order valence-electron chi connectivity index (χ0n) is 14.0. The minimum atomic E-state index is -0.718. The first kappa shape index (κ1) is 18.3. The molecule has 0 spiro atoms. The van der Waals surface area contributed by atoms with Gasteiger partial charge < -0.3 is 18.9 Å². The lowest BCUT2D eigenvalue weighted by Crippen LogP contribution is -2.15. The molecule has 0 saturated carbocycles. The third-order valence-electron chi connectivity index (χ3n) is 3.42. The molecular weight excluding hydrogens is 331 g/mol. The summed E-state index contributed by atoms with van der Waals surface area (Å²) in [6.45, 7) is -0.549. The first-order chi connectivity index (χ1) is 12.0. The van der Waals surface area contributed by atoms with E-state index in [-0.39, 0.29) is 16.9 Å². The molecule has 2 aromatic rings. The van der Waals surface area contributed by atoms with Crippen LogP contribution in [0.25, 0.3) is 0 Å². The molecule has 0 heterocycles. The Labute approximate surface area is 144 Å². The van der Waals surface area contributed by atoms with Gasteiger partial charge in [0.05, 0.1) is 32.5 Å². The van der Waals surface area contributed by atoms with Gasteiger partial charge in [-0.15, -0.1) is 0 Å². The van der Waals surface area contributed by atoms with Crippen molar-refractivity contribution in [3.63, 3.8) is 0 Å². The van der Waals surface area contributed by atoms with E-state index in [1.807, 2.05) is 0 Å². The second kappa shape index (κ2) is 8.14. The average Bonchev–Trinajstić information content (AvgIpc) is 2.65. The second-order valence-corrected chi connectivity index (χ2v) is 4.91. The van der Waals surface area contributed by atoms with Crippen LogP contribution in [0.3, 0.4) is 0 Å². The predicted molar refractivity (Wildman–Crippen MR) is 87.1 cm³/mol. The number of Topliss-reactive ketones (excluding diaryl/α,β-unsaturated/α-hetero) is 1. The van der Waals surface area contributed by atoms with Crippen molar-refractivity contribution >= 4 is 11.8 Å². The lowest BCUT2D eigenvalue weighted by Gasteiger charge is -2.10. The second-order valence-electron chi connectivity index (χ2n) is 4.91. The topological polar surface area (TPSA) is 71.1 Å². The van der Waals surface area contributed by atoms with Crippen LogP contribution >= 0.6 is 0 Å². The highest BCUT2D eigenvalue weighted by atomic mass is 19.1. The summed E-state index contributed by atoms with van der Waals surface area (Å²) in [6, 6.07) is 8.01. The maximum Gasteiger partial charge on any atom is 0.338 e. The molecular formula is C18H17FO6. The third kappa shape index (κ3) is 4.26. The lowest BCUT2D eigenvalue weighted by atomic mass is 10.1. The van der Waals surface area contributed by atoms with Gasteiger partial charge in [0, 0.05) is 0 Å². The molecule has 0 aliphatic heterocycles. The number of hydrogen-bond donors (Lipinski definition) is 0. The molecule has 0 saturated heterocycles. The number of esters is 1. The minimum absolute atomic E-state index is 0.00242. The van der Waals surface area contributed by atoms with Gasteiger partial charge in [0.25, 0.3) is 0 Å². The summed E-state index contributed by atoms with van der Waals surface area (Å²) in [5, 5.41) is 0. The van der Waals surface area contributed by atoms with Crippen molar-refractivity contribution in [2.45, 2.75) is 0 Å². The minimum Gasteiger partial charge on any atom is -0.496 e. The number of benzene rings is 2. The SMILES string of the molecule is COc1ccc(C(=O)OCC(=O)c2cc(F)ccc2OC)cc1OC. The highest BCUT2D eigenvalue weighted by Gasteiger charge is 2.17. The number of carbonyl (C=O) groups is 2. The molecule has 0 bridgehead atoms. The number of ketones is 1. The van der Waals surface area contributed by atoms with Crippen LogP contribution in [-0.2, 0) is 4.74 Å². The van der Waals surface area contributed by atoms with Crippen molar-refractivity contribution in [1.29, 1.82) is 0 Å². The van der Waals surface area contributed by atoms with Crippen molar-refractivity contribution in [2.75, 3.05) is 27.9 Å². The van der Waals surface area contributed by atoms with Crippen molar-refractivity contribution < 1.29 is 32.9 Å². The Morgan fingerprint density at radius 2 is 1.52 bits per heavy atom. The molecule has 132 valence electrons. The quantitative estimate of drug-likeness (QED) is 0.566. The van der Waals surface area contributed by atoms with E-state index in [0.717, 1.165) is 6.07 Å². The van der Waals surface area contributed by atoms with E-state index in [1.165, 1.54) is 45.6 Å². The Morgan fingerprint density at radius 3 is 2.16 bits per heavy atom. The Hall–Kier alpha value is -3.09. The maximum atomic E-state index is 13.3. The highest BCUT2D eigenvalue weighted by molar-refractivity contribution is 6.01. The Kier molecular flexibility index (Phi) is 5.94. The number of halogens is 1. The molecule has 7 heteroatoms. The van der Waals surface area contributed by atoms with Gasteiger partial charge >= 0.3 is 5.97 Å². The molecule has 6 nitrogen and oxygen atoms in total. The molecule has 2 rings (SSSR count). The predicted octanol–water partition coefficient (Wildman–Crippen LogP) is 2.89. The molecule has 0 aromatic heterocycles. The van der Waals surface area contributed by atoms with Crippen molar-refractivity contribution in [2.24, 2.45) is 0 Å². The van der Waals surface area contributed by atoms with Crippen LogP contribution in [0.5, 0.6) is 17.2 Å². The van der Waals surface area contributed by atoms with E-state index in [4.69, 9.17) is 18.9 Å². The van der Waals surface area contributed by atoms with Crippen LogP contribution in [0.2, 0.25) is 0 Å². The largest absolute Gasteiger partial charge is 0.496 e. The molecule has 0 unspecified atom stereocenters. The fourth-order valence-corrected chi connectivity index (χ4v) is 2.15. The molecule has 0 amide bonds. The standard InChI is InChI=1S/C18H17FO6/c1-22-15-7-5-12(19)9-13(15)14(20)10-25-18(21)11-4-6-16(23-2)17(8-11)24-3/h4-9H,10H2,1-3H3. The third-order valence-corrected chi connectivity index (χ3v) is 3.42. The van der Waals surface area contributed by atoms with Crippen LogP contribution in [0.4, 0.5) is 4.39 Å². The van der Waals surface area contributed by atoms with E-state index in [1.54, 1.807) is 6.07 Å². The first-order valence-electron chi connectivity index (χ1n) is 7.26. The normalized spacial score (nSPS) is 10.1. The van der Waals surface area contributed by atoms with E-state index in [0.29, 0.717) is 11.5 Å². The molecule has 0 aliphatic rings. The molecule has 0 fully saturated rings. The summed E-state index contributed by atoms with van der Waals surface area (Å²) in [5.41, 5.74) is 0.194. The molecule has 25 heavy (non-hydrogen) atoms. The molecule has 0 atom stereocenters. The van der Waals surface area contributed by atoms with Gasteiger partial charge in [0.15, 0.2) is 18.1 Å². The zero-order valence-corrected chi connectivity index (χ0v) is 14.0. The van der Waals surface area contributed by atoms with Gasteiger partial charge in [-0.3, -0.25) is 4.79 Å². The van der Waals surface area contributed by atoms with Gasteiger partial charge in [-0.25, -0.2) is 9.18 Å². The fourth-order valence-electron chi connectivity index (χ4n) is 2.15. The highest BCUT2D eigenvalue weighted by Crippen LogP contribution is 2.28. The van der Waals surface area contributed by atoms with Gasteiger partial charge in [0.1, 0.15) is 11.6 Å². The monoisotopic (exact) mass is 348 g/mol. The van der Waals surface area contributed by atoms with Crippen LogP contribution < -0.4 is 14.2 Å². The van der Waals surface area contributed by atoms with Gasteiger partial charge in [-0.1, -0.05) is 0 Å². The van der Waals surface area contributed by atoms with Crippen LogP contribution in [0.1, 0.15) is 20.7 Å². The summed E-state index contributed by atoms with van der Waals surface area (Å²) in [4.78, 5) is 24.3. The number of carbonyl (C=O) groups excluding carboxylic acids is 2. The van der Waals surface area contributed by atoms with Gasteiger partial charge in [-0.05, 0) is 36.4 Å². The summed E-state index contributed by atoms with van der Waals surface area (Å²) in [7, 11) is 4.27. The molecule has 0 radical (unpaired) electrons. The Bertz CT molecular complexity index is 787. The van der Waals surface area contributed by atoms with E-state index >= 15 is 0 Å². The van der Waals surface area contributed by atoms with Crippen molar-refractivity contribution in [1.82, 2.24) is 0 Å². The molecule has 0 N–H and O–H groups in total. The number of rotatable bonds is 7. The summed E-state index contributed by atoms with van der Waals surface area (Å²) >= 11 is 0. The summed E-state index contributed by atoms with van der Waals surface area (Å²) < 4.78 is 33.5. The fraction of sp³-hybridized carbons (Fsp3) is 0.222. The van der Waals surface area contributed by atoms with E-state index in [9.17, 15) is 14.0 Å². The van der Waals surface area contributed by atoms with Crippen LogP contribution in [0, 0.1) is 5.82 Å². The van der Waals surface area contributed by atoms with E-state index < -0.39 is 24.2 Å². The smallest absolute Gasteiger partial charge is 0.338 e. The maximum absolute atomic E-state index is 13.3. The Balaban J connectivity index is 2.09. The van der Waals surface area contributed by atoms with Crippen LogP contribution in [0.15, 0.2) is 36.4 Å². The van der Waals surface area contributed by atoms with Gasteiger partial charge in [-0.2, -0.15) is 0 Å². The summed E-state index contributed by atoms with van der Waals surface area (Å²) in [5.74, 6) is -0.867. The Morgan fingerprint density at radius 1 is 0.880 bits per heavy atom. The number of methoxy groups -OCH3 is 3. The van der Waals surface area contributed by atoms with Crippen LogP contribution in [-0.4, -0.2) is 39.7 Å². The number of hydrogen-bond acceptors (Lipinski definition) is 6. The lowest BCUT2D eigenvalue weighted by molar-refractivity contribution is 0.0473. The molecule has 0 aliphatic carbocycles. The number of ether oxygens (including phenoxy) is 4. The van der Waals surface area contributed by atoms with Gasteiger partial charge in [0.2, 0.25) is 5.78 Å². The molecule has 2 aromatic carbocycles. The van der Waals surface area contributed by atoms with Crippen molar-refractivity contribution in [3.8, 4) is 17.2 Å². The van der Waals surface area contributed by atoms with Crippen molar-refractivity contribution in [3.05, 3.63) is 53.3 Å². The first-order valence-corrected chi connectivity index (χ1v) is 7.26. The van der Waals surface area contributed by atoms with E-state index in [2.05, 4.69) is 0 Å². The zero-order chi connectivity index (χ0) is 18.4.